The molecule has 2 unspecified atom stereocenters. The van der Waals surface area contributed by atoms with Crippen LogP contribution in [0.5, 0.6) is 0 Å². The fourth-order valence-electron chi connectivity index (χ4n) is 2.52. The minimum absolute atomic E-state index is 0.327. The summed E-state index contributed by atoms with van der Waals surface area (Å²) < 4.78 is 27.7. The maximum Gasteiger partial charge on any atom is 0.275 e. The van der Waals surface area contributed by atoms with Gasteiger partial charge in [-0.25, -0.2) is 0 Å². The fraction of sp³-hybridized carbons (Fsp3) is 0.833. The maximum atomic E-state index is 10.2. The van der Waals surface area contributed by atoms with Crippen LogP contribution in [0.15, 0.2) is 12.0 Å². The number of allylic oxidation sites excluding steroid dienone is 1. The van der Waals surface area contributed by atoms with Crippen molar-refractivity contribution in [2.75, 3.05) is 6.61 Å². The van der Waals surface area contributed by atoms with Crippen LogP contribution < -0.4 is 0 Å². The Bertz CT molecular complexity index is 366. The molecule has 0 aliphatic carbocycles. The third-order valence-corrected chi connectivity index (χ3v) is 3.31. The molecule has 3 saturated heterocycles. The van der Waals surface area contributed by atoms with Crippen molar-refractivity contribution in [3.8, 4) is 0 Å². The van der Waals surface area contributed by atoms with Gasteiger partial charge in [0.1, 0.15) is 24.9 Å². The summed E-state index contributed by atoms with van der Waals surface area (Å²) >= 11 is 0. The van der Waals surface area contributed by atoms with Gasteiger partial charge in [-0.05, 0) is 26.8 Å². The van der Waals surface area contributed by atoms with Gasteiger partial charge in [0.05, 0.1) is 0 Å². The zero-order chi connectivity index (χ0) is 12.9. The topological polar surface area (TPSA) is 66.4 Å². The Morgan fingerprint density at radius 2 is 2.06 bits per heavy atom. The third kappa shape index (κ3) is 1.89. The summed E-state index contributed by atoms with van der Waals surface area (Å²) in [6.45, 7) is 5.78. The second kappa shape index (κ2) is 4.09. The van der Waals surface area contributed by atoms with Crippen molar-refractivity contribution in [3.63, 3.8) is 0 Å². The largest absolute Gasteiger partial charge is 0.462 e. The lowest BCUT2D eigenvalue weighted by molar-refractivity contribution is -0.224. The van der Waals surface area contributed by atoms with Crippen molar-refractivity contribution >= 4 is 0 Å². The molecular formula is C12H18O6. The standard InChI is InChI=1S/C12H18O6/c1-4-7-14-5-6(15-7)9-8(13)10-11(16-9)18-12(2,3)17-10/h4,6,8-11,13H,5H2,1-3H3/b7-4-/t6?,8-,9?,10-,11-/m1/s1. The second-order valence-electron chi connectivity index (χ2n) is 5.13. The van der Waals surface area contributed by atoms with Gasteiger partial charge in [0.2, 0.25) is 0 Å². The van der Waals surface area contributed by atoms with Gasteiger partial charge in [-0.3, -0.25) is 0 Å². The van der Waals surface area contributed by atoms with Crippen LogP contribution in [0.1, 0.15) is 20.8 Å². The number of fused-ring (bicyclic) bond motifs is 1. The predicted octanol–water partition coefficient (Wildman–Crippen LogP) is 0.500. The Balaban J connectivity index is 1.68. The van der Waals surface area contributed by atoms with E-state index in [-0.39, 0.29) is 6.10 Å². The van der Waals surface area contributed by atoms with Crippen LogP contribution in [0.25, 0.3) is 0 Å². The summed E-state index contributed by atoms with van der Waals surface area (Å²) in [6, 6.07) is 0. The van der Waals surface area contributed by atoms with Crippen molar-refractivity contribution in [2.24, 2.45) is 0 Å². The number of aliphatic hydroxyl groups excluding tert-OH is 1. The molecule has 0 aromatic carbocycles. The van der Waals surface area contributed by atoms with Gasteiger partial charge >= 0.3 is 0 Å². The summed E-state index contributed by atoms with van der Waals surface area (Å²) in [6.07, 6.45) is -0.873. The van der Waals surface area contributed by atoms with E-state index in [0.29, 0.717) is 12.6 Å². The second-order valence-corrected chi connectivity index (χ2v) is 5.13. The zero-order valence-electron chi connectivity index (χ0n) is 10.7. The summed E-state index contributed by atoms with van der Waals surface area (Å²) in [7, 11) is 0. The highest BCUT2D eigenvalue weighted by Gasteiger charge is 2.57. The zero-order valence-corrected chi connectivity index (χ0v) is 10.7. The molecule has 0 aromatic rings. The molecule has 6 heteroatoms. The monoisotopic (exact) mass is 258 g/mol. The van der Waals surface area contributed by atoms with E-state index >= 15 is 0 Å². The van der Waals surface area contributed by atoms with E-state index in [9.17, 15) is 5.11 Å². The van der Waals surface area contributed by atoms with Gasteiger partial charge in [0, 0.05) is 0 Å². The van der Waals surface area contributed by atoms with Gasteiger partial charge in [0.25, 0.3) is 5.95 Å². The molecule has 0 aromatic heterocycles. The number of hydrogen-bond acceptors (Lipinski definition) is 6. The Hall–Kier alpha value is -0.820. The number of ether oxygens (including phenoxy) is 5. The molecule has 18 heavy (non-hydrogen) atoms. The van der Waals surface area contributed by atoms with Crippen LogP contribution in [-0.4, -0.2) is 48.2 Å². The normalized spacial score (nSPS) is 48.0. The van der Waals surface area contributed by atoms with Crippen LogP contribution in [0.4, 0.5) is 0 Å². The van der Waals surface area contributed by atoms with Crippen molar-refractivity contribution < 1.29 is 28.8 Å². The molecule has 3 aliphatic rings. The molecule has 0 spiro atoms. The quantitative estimate of drug-likeness (QED) is 0.739. The molecular weight excluding hydrogens is 240 g/mol. The lowest BCUT2D eigenvalue weighted by Gasteiger charge is -2.24. The first-order valence-electron chi connectivity index (χ1n) is 6.15. The SMILES string of the molecule is C/C=C1/OCC(C2O[C@@H]3OC(C)(C)O[C@@H]3[C@@H]2O)O1. The Kier molecular flexibility index (Phi) is 2.78. The van der Waals surface area contributed by atoms with Crippen LogP contribution in [0.2, 0.25) is 0 Å². The predicted molar refractivity (Wildman–Crippen MR) is 59.3 cm³/mol. The summed E-state index contributed by atoms with van der Waals surface area (Å²) in [5, 5.41) is 10.2. The van der Waals surface area contributed by atoms with E-state index in [1.54, 1.807) is 19.9 Å². The molecule has 0 amide bonds. The van der Waals surface area contributed by atoms with Crippen LogP contribution in [0, 0.1) is 0 Å². The first kappa shape index (κ1) is 12.2. The molecule has 3 rings (SSSR count). The lowest BCUT2D eigenvalue weighted by atomic mass is 10.1. The molecule has 6 nitrogen and oxygen atoms in total. The molecule has 0 bridgehead atoms. The van der Waals surface area contributed by atoms with E-state index in [1.807, 2.05) is 6.92 Å². The maximum absolute atomic E-state index is 10.2. The Morgan fingerprint density at radius 1 is 1.28 bits per heavy atom. The van der Waals surface area contributed by atoms with Crippen molar-refractivity contribution in [3.05, 3.63) is 12.0 Å². The highest BCUT2D eigenvalue weighted by molar-refractivity contribution is 4.99. The summed E-state index contributed by atoms with van der Waals surface area (Å²) in [4.78, 5) is 0. The first-order chi connectivity index (χ1) is 8.50. The smallest absolute Gasteiger partial charge is 0.275 e. The average molecular weight is 258 g/mol. The molecule has 3 heterocycles. The molecule has 1 N–H and O–H groups in total. The minimum atomic E-state index is -0.776. The van der Waals surface area contributed by atoms with E-state index in [4.69, 9.17) is 23.7 Å². The fourth-order valence-corrected chi connectivity index (χ4v) is 2.52. The minimum Gasteiger partial charge on any atom is -0.462 e. The number of aliphatic hydroxyl groups is 1. The molecule has 3 fully saturated rings. The lowest BCUT2D eigenvalue weighted by Crippen LogP contribution is -2.41. The summed E-state index contributed by atoms with van der Waals surface area (Å²) in [5.41, 5.74) is 0. The van der Waals surface area contributed by atoms with Gasteiger partial charge < -0.3 is 28.8 Å². The van der Waals surface area contributed by atoms with E-state index in [2.05, 4.69) is 0 Å². The average Bonchev–Trinajstić information content (AvgIpc) is 2.94. The Morgan fingerprint density at radius 3 is 2.67 bits per heavy atom. The molecule has 3 aliphatic heterocycles. The Labute approximate surface area is 105 Å². The highest BCUT2D eigenvalue weighted by Crippen LogP contribution is 2.39. The number of rotatable bonds is 1. The van der Waals surface area contributed by atoms with E-state index in [1.165, 1.54) is 0 Å². The van der Waals surface area contributed by atoms with Crippen LogP contribution >= 0.6 is 0 Å². The highest BCUT2D eigenvalue weighted by atomic mass is 16.8. The molecule has 0 radical (unpaired) electrons. The molecule has 5 atom stereocenters. The number of hydrogen-bond donors (Lipinski definition) is 1. The van der Waals surface area contributed by atoms with Gasteiger partial charge in [-0.1, -0.05) is 0 Å². The van der Waals surface area contributed by atoms with Crippen molar-refractivity contribution in [1.82, 2.24) is 0 Å². The van der Waals surface area contributed by atoms with Gasteiger partial charge in [-0.15, -0.1) is 0 Å². The molecule has 102 valence electrons. The first-order valence-corrected chi connectivity index (χ1v) is 6.15. The van der Waals surface area contributed by atoms with Crippen molar-refractivity contribution in [1.29, 1.82) is 0 Å². The van der Waals surface area contributed by atoms with E-state index in [0.717, 1.165) is 0 Å². The van der Waals surface area contributed by atoms with E-state index < -0.39 is 30.4 Å². The van der Waals surface area contributed by atoms with Crippen LogP contribution in [-0.2, 0) is 23.7 Å². The molecule has 0 saturated carbocycles. The third-order valence-electron chi connectivity index (χ3n) is 3.31. The van der Waals surface area contributed by atoms with Gasteiger partial charge in [0.15, 0.2) is 18.2 Å². The van der Waals surface area contributed by atoms with Gasteiger partial charge in [-0.2, -0.15) is 0 Å². The summed E-state index contributed by atoms with van der Waals surface area (Å²) in [5.74, 6) is -0.252. The van der Waals surface area contributed by atoms with Crippen molar-refractivity contribution in [2.45, 2.75) is 57.3 Å². The van der Waals surface area contributed by atoms with Crippen LogP contribution in [0.3, 0.4) is 0 Å².